The Balaban J connectivity index is 1.31. The lowest BCUT2D eigenvalue weighted by Gasteiger charge is -2.33. The standard InChI is InChI=1S/C28H29ClN4O2/c1-35-23-11-9-20(10-12-23)18-33-25-15-16-30-28(29)27(25)24(31-33)13-14-26(34)32-17-5-8-22(19-32)21-6-3-2-4-7-21/h2-4,6-7,9-12,15-16,22H,5,8,13-14,17-19H2,1H3/t22-/m0/s1. The number of carbonyl (C=O) groups is 1. The molecule has 6 nitrogen and oxygen atoms in total. The maximum absolute atomic E-state index is 13.2. The Labute approximate surface area is 210 Å². The number of amides is 1. The third-order valence-corrected chi connectivity index (χ3v) is 7.09. The van der Waals surface area contributed by atoms with Crippen molar-refractivity contribution >= 4 is 28.4 Å². The molecule has 0 bridgehead atoms. The summed E-state index contributed by atoms with van der Waals surface area (Å²) in [5.74, 6) is 1.39. The Bertz CT molecular complexity index is 1300. The van der Waals surface area contributed by atoms with E-state index in [1.165, 1.54) is 5.56 Å². The molecule has 35 heavy (non-hydrogen) atoms. The summed E-state index contributed by atoms with van der Waals surface area (Å²) < 4.78 is 7.20. The predicted molar refractivity (Wildman–Crippen MR) is 138 cm³/mol. The molecule has 1 atom stereocenters. The lowest BCUT2D eigenvalue weighted by molar-refractivity contribution is -0.132. The average molecular weight is 489 g/mol. The minimum Gasteiger partial charge on any atom is -0.497 e. The molecule has 0 radical (unpaired) electrons. The second-order valence-corrected chi connectivity index (χ2v) is 9.40. The number of hydrogen-bond acceptors (Lipinski definition) is 4. The van der Waals surface area contributed by atoms with Gasteiger partial charge in [0.25, 0.3) is 0 Å². The summed E-state index contributed by atoms with van der Waals surface area (Å²) in [5.41, 5.74) is 4.15. The third kappa shape index (κ3) is 5.17. The van der Waals surface area contributed by atoms with Crippen molar-refractivity contribution in [1.82, 2.24) is 19.7 Å². The number of pyridine rings is 1. The van der Waals surface area contributed by atoms with Crippen molar-refractivity contribution in [3.63, 3.8) is 0 Å². The van der Waals surface area contributed by atoms with Crippen LogP contribution in [0.1, 0.15) is 42.0 Å². The molecule has 5 rings (SSSR count). The highest BCUT2D eigenvalue weighted by Gasteiger charge is 2.25. The van der Waals surface area contributed by atoms with Crippen LogP contribution in [0.5, 0.6) is 5.75 Å². The summed E-state index contributed by atoms with van der Waals surface area (Å²) in [6.07, 6.45) is 4.78. The molecule has 1 aliphatic heterocycles. The molecule has 1 aliphatic rings. The number of ether oxygens (including phenoxy) is 1. The number of nitrogens with zero attached hydrogens (tertiary/aromatic N) is 4. The number of carbonyl (C=O) groups excluding carboxylic acids is 1. The summed E-state index contributed by atoms with van der Waals surface area (Å²) in [5, 5.41) is 6.11. The summed E-state index contributed by atoms with van der Waals surface area (Å²) in [6.45, 7) is 2.19. The Kier molecular flexibility index (Phi) is 7.00. The predicted octanol–water partition coefficient (Wildman–Crippen LogP) is 5.48. The van der Waals surface area contributed by atoms with Crippen molar-refractivity contribution in [1.29, 1.82) is 0 Å². The lowest BCUT2D eigenvalue weighted by Crippen LogP contribution is -2.39. The van der Waals surface area contributed by atoms with Crippen molar-refractivity contribution in [2.45, 2.75) is 38.1 Å². The first-order valence-corrected chi connectivity index (χ1v) is 12.5. The summed E-state index contributed by atoms with van der Waals surface area (Å²) in [7, 11) is 1.66. The zero-order chi connectivity index (χ0) is 24.2. The number of aryl methyl sites for hydroxylation is 1. The van der Waals surface area contributed by atoms with Crippen LogP contribution in [0.2, 0.25) is 5.15 Å². The smallest absolute Gasteiger partial charge is 0.222 e. The van der Waals surface area contributed by atoms with E-state index in [1.54, 1.807) is 13.3 Å². The molecule has 0 spiro atoms. The van der Waals surface area contributed by atoms with Crippen LogP contribution in [-0.2, 0) is 17.8 Å². The van der Waals surface area contributed by atoms with Gasteiger partial charge in [0.15, 0.2) is 0 Å². The lowest BCUT2D eigenvalue weighted by atomic mass is 9.90. The quantitative estimate of drug-likeness (QED) is 0.323. The fourth-order valence-corrected chi connectivity index (χ4v) is 5.20. The van der Waals surface area contributed by atoms with Crippen LogP contribution in [0.4, 0.5) is 0 Å². The Morgan fingerprint density at radius 1 is 1.11 bits per heavy atom. The molecule has 2 aromatic carbocycles. The maximum atomic E-state index is 13.2. The molecule has 3 heterocycles. The molecule has 7 heteroatoms. The Morgan fingerprint density at radius 2 is 1.91 bits per heavy atom. The molecule has 1 amide bonds. The molecule has 2 aromatic heterocycles. The first-order valence-electron chi connectivity index (χ1n) is 12.1. The first-order chi connectivity index (χ1) is 17.1. The van der Waals surface area contributed by atoms with E-state index in [-0.39, 0.29) is 5.91 Å². The minimum absolute atomic E-state index is 0.170. The van der Waals surface area contributed by atoms with Gasteiger partial charge in [0, 0.05) is 38.0 Å². The number of halogens is 1. The summed E-state index contributed by atoms with van der Waals surface area (Å²) in [6, 6.07) is 20.4. The van der Waals surface area contributed by atoms with Gasteiger partial charge in [0.05, 0.1) is 30.3 Å². The van der Waals surface area contributed by atoms with Crippen molar-refractivity contribution in [3.05, 3.63) is 88.8 Å². The molecule has 0 saturated carbocycles. The maximum Gasteiger partial charge on any atom is 0.222 e. The van der Waals surface area contributed by atoms with Crippen molar-refractivity contribution < 1.29 is 9.53 Å². The largest absolute Gasteiger partial charge is 0.497 e. The number of piperidine rings is 1. The Hall–Kier alpha value is -3.38. The highest BCUT2D eigenvalue weighted by Crippen LogP contribution is 2.29. The van der Waals surface area contributed by atoms with E-state index in [2.05, 4.69) is 29.2 Å². The number of likely N-dealkylation sites (tertiary alicyclic amines) is 1. The monoisotopic (exact) mass is 488 g/mol. The molecule has 0 N–H and O–H groups in total. The number of benzene rings is 2. The van der Waals surface area contributed by atoms with Crippen LogP contribution in [0, 0.1) is 0 Å². The number of methoxy groups -OCH3 is 1. The first kappa shape index (κ1) is 23.4. The van der Waals surface area contributed by atoms with Crippen molar-refractivity contribution in [2.24, 2.45) is 0 Å². The topological polar surface area (TPSA) is 60.3 Å². The SMILES string of the molecule is COc1ccc(Cn2nc(CCC(=O)N3CCC[C@H](c4ccccc4)C3)c3c(Cl)nccc32)cc1. The molecule has 1 saturated heterocycles. The zero-order valence-electron chi connectivity index (χ0n) is 19.9. The number of hydrogen-bond donors (Lipinski definition) is 0. The Morgan fingerprint density at radius 3 is 2.69 bits per heavy atom. The van der Waals surface area contributed by atoms with Crippen LogP contribution in [0.25, 0.3) is 10.9 Å². The molecule has 0 unspecified atom stereocenters. The van der Waals surface area contributed by atoms with Crippen LogP contribution in [0.3, 0.4) is 0 Å². The summed E-state index contributed by atoms with van der Waals surface area (Å²) in [4.78, 5) is 19.4. The van der Waals surface area contributed by atoms with Gasteiger partial charge in [-0.05, 0) is 42.2 Å². The highest BCUT2D eigenvalue weighted by atomic mass is 35.5. The molecular weight excluding hydrogens is 460 g/mol. The van der Waals surface area contributed by atoms with E-state index in [0.29, 0.717) is 30.5 Å². The fraction of sp³-hybridized carbons (Fsp3) is 0.321. The van der Waals surface area contributed by atoms with E-state index in [0.717, 1.165) is 53.8 Å². The minimum atomic E-state index is 0.170. The second kappa shape index (κ2) is 10.5. The van der Waals surface area contributed by atoms with Gasteiger partial charge in [-0.2, -0.15) is 5.10 Å². The van der Waals surface area contributed by atoms with Gasteiger partial charge >= 0.3 is 0 Å². The van der Waals surface area contributed by atoms with E-state index in [4.69, 9.17) is 21.4 Å². The normalized spacial score (nSPS) is 15.9. The average Bonchev–Trinajstić information content (AvgIpc) is 3.26. The van der Waals surface area contributed by atoms with Crippen LogP contribution in [-0.4, -0.2) is 45.8 Å². The highest BCUT2D eigenvalue weighted by molar-refractivity contribution is 6.34. The molecule has 1 fully saturated rings. The molecular formula is C28H29ClN4O2. The van der Waals surface area contributed by atoms with Gasteiger partial charge in [-0.1, -0.05) is 54.1 Å². The van der Waals surface area contributed by atoms with Gasteiger partial charge in [-0.15, -0.1) is 0 Å². The number of aromatic nitrogens is 3. The second-order valence-electron chi connectivity index (χ2n) is 9.04. The van der Waals surface area contributed by atoms with Gasteiger partial charge < -0.3 is 9.64 Å². The van der Waals surface area contributed by atoms with Crippen LogP contribution >= 0.6 is 11.6 Å². The van der Waals surface area contributed by atoms with Gasteiger partial charge in [0.1, 0.15) is 10.9 Å². The van der Waals surface area contributed by atoms with Gasteiger partial charge in [-0.25, -0.2) is 4.98 Å². The van der Waals surface area contributed by atoms with E-state index in [9.17, 15) is 4.79 Å². The molecule has 0 aliphatic carbocycles. The number of fused-ring (bicyclic) bond motifs is 1. The fourth-order valence-electron chi connectivity index (χ4n) is 4.94. The van der Waals surface area contributed by atoms with Crippen molar-refractivity contribution in [3.8, 4) is 5.75 Å². The van der Waals surface area contributed by atoms with Gasteiger partial charge in [0.2, 0.25) is 5.91 Å². The summed E-state index contributed by atoms with van der Waals surface area (Å²) >= 11 is 6.49. The van der Waals surface area contributed by atoms with E-state index >= 15 is 0 Å². The zero-order valence-corrected chi connectivity index (χ0v) is 20.6. The van der Waals surface area contributed by atoms with Crippen LogP contribution in [0.15, 0.2) is 66.9 Å². The molecule has 4 aromatic rings. The third-order valence-electron chi connectivity index (χ3n) is 6.80. The van der Waals surface area contributed by atoms with E-state index < -0.39 is 0 Å². The van der Waals surface area contributed by atoms with Crippen molar-refractivity contribution in [2.75, 3.05) is 20.2 Å². The van der Waals surface area contributed by atoms with E-state index in [1.807, 2.05) is 46.0 Å². The van der Waals surface area contributed by atoms with Crippen LogP contribution < -0.4 is 4.74 Å². The van der Waals surface area contributed by atoms with Gasteiger partial charge in [-0.3, -0.25) is 9.48 Å². The number of rotatable bonds is 7. The molecule has 180 valence electrons.